The highest BCUT2D eigenvalue weighted by atomic mass is 16.3. The Kier molecular flexibility index (Phi) is 4.80. The Bertz CT molecular complexity index is 928. The lowest BCUT2D eigenvalue weighted by Crippen LogP contribution is -2.48. The predicted molar refractivity (Wildman–Crippen MR) is 109 cm³/mol. The van der Waals surface area contributed by atoms with Crippen molar-refractivity contribution in [2.45, 2.75) is 0 Å². The van der Waals surface area contributed by atoms with Crippen molar-refractivity contribution in [2.75, 3.05) is 31.1 Å². The molecule has 2 aliphatic heterocycles. The maximum absolute atomic E-state index is 10.8. The molecule has 7 nitrogen and oxygen atoms in total. The second-order valence-corrected chi connectivity index (χ2v) is 6.81. The Labute approximate surface area is 163 Å². The fourth-order valence-corrected chi connectivity index (χ4v) is 3.53. The third-order valence-electron chi connectivity index (χ3n) is 5.10. The van der Waals surface area contributed by atoms with Crippen LogP contribution in [0.1, 0.15) is 15.9 Å². The number of carbonyl (C=O) groups excluding carboxylic acids is 1. The Morgan fingerprint density at radius 1 is 0.929 bits per heavy atom. The third-order valence-corrected chi connectivity index (χ3v) is 5.10. The number of aldehydes is 1. The van der Waals surface area contributed by atoms with Gasteiger partial charge >= 0.3 is 0 Å². The number of anilines is 1. The molecule has 0 radical (unpaired) electrons. The van der Waals surface area contributed by atoms with E-state index in [2.05, 4.69) is 20.7 Å². The number of hydrazine groups is 1. The average Bonchev–Trinajstić information content (AvgIpc) is 2.75. The van der Waals surface area contributed by atoms with Gasteiger partial charge in [0.2, 0.25) is 0 Å². The molecule has 0 aliphatic carbocycles. The molecule has 2 aliphatic rings. The lowest BCUT2D eigenvalue weighted by molar-refractivity contribution is 0.112. The van der Waals surface area contributed by atoms with Crippen molar-refractivity contribution in [1.82, 2.24) is 15.8 Å². The van der Waals surface area contributed by atoms with Gasteiger partial charge in [0.15, 0.2) is 0 Å². The van der Waals surface area contributed by atoms with Crippen molar-refractivity contribution in [3.8, 4) is 5.75 Å². The zero-order valence-electron chi connectivity index (χ0n) is 15.4. The summed E-state index contributed by atoms with van der Waals surface area (Å²) in [6.07, 6.45) is 2.82. The fourth-order valence-electron chi connectivity index (χ4n) is 3.53. The minimum absolute atomic E-state index is 0.214. The summed E-state index contributed by atoms with van der Waals surface area (Å²) in [5.74, 6) is 0.773. The van der Waals surface area contributed by atoms with Gasteiger partial charge in [-0.05, 0) is 42.5 Å². The van der Waals surface area contributed by atoms with Crippen LogP contribution in [0, 0.1) is 0 Å². The molecule has 5 N–H and O–H groups in total. The van der Waals surface area contributed by atoms with Gasteiger partial charge in [0.25, 0.3) is 0 Å². The quantitative estimate of drug-likeness (QED) is 0.602. The van der Waals surface area contributed by atoms with E-state index in [0.29, 0.717) is 16.9 Å². The molecular weight excluding hydrogens is 354 g/mol. The molecule has 0 unspecified atom stereocenters. The van der Waals surface area contributed by atoms with Crippen LogP contribution in [-0.4, -0.2) is 42.5 Å². The van der Waals surface area contributed by atoms with E-state index in [1.807, 2.05) is 42.5 Å². The molecule has 0 amide bonds. The van der Waals surface area contributed by atoms with Gasteiger partial charge in [-0.1, -0.05) is 12.1 Å². The SMILES string of the molecule is NC1=C(N2CCN(c3ccc(C=O)cc3)CC2)C=C(c2ccccc2O)NN1. The van der Waals surface area contributed by atoms with E-state index in [1.54, 1.807) is 12.1 Å². The van der Waals surface area contributed by atoms with Crippen molar-refractivity contribution in [3.63, 3.8) is 0 Å². The summed E-state index contributed by atoms with van der Waals surface area (Å²) in [6.45, 7) is 3.34. The van der Waals surface area contributed by atoms with E-state index >= 15 is 0 Å². The van der Waals surface area contributed by atoms with Gasteiger partial charge in [-0.3, -0.25) is 15.6 Å². The number of aromatic hydroxyl groups is 1. The number of allylic oxidation sites excluding steroid dienone is 1. The average molecular weight is 377 g/mol. The fraction of sp³-hybridized carbons (Fsp3) is 0.190. The number of nitrogens with one attached hydrogen (secondary N) is 2. The van der Waals surface area contributed by atoms with Crippen molar-refractivity contribution >= 4 is 17.7 Å². The molecule has 1 fully saturated rings. The lowest BCUT2D eigenvalue weighted by atomic mass is 10.1. The van der Waals surface area contributed by atoms with Gasteiger partial charge in [0.05, 0.1) is 11.4 Å². The first kappa shape index (κ1) is 17.8. The van der Waals surface area contributed by atoms with E-state index in [0.717, 1.165) is 49.5 Å². The summed E-state index contributed by atoms with van der Waals surface area (Å²) >= 11 is 0. The minimum Gasteiger partial charge on any atom is -0.507 e. The summed E-state index contributed by atoms with van der Waals surface area (Å²) in [5, 5.41) is 10.1. The number of hydrogen-bond donors (Lipinski definition) is 4. The van der Waals surface area contributed by atoms with E-state index in [-0.39, 0.29) is 5.75 Å². The van der Waals surface area contributed by atoms with Gasteiger partial charge in [0.1, 0.15) is 17.9 Å². The highest BCUT2D eigenvalue weighted by Gasteiger charge is 2.23. The van der Waals surface area contributed by atoms with E-state index < -0.39 is 0 Å². The Hall–Kier alpha value is -3.61. The number of phenols is 1. The highest BCUT2D eigenvalue weighted by Crippen LogP contribution is 2.27. The second kappa shape index (κ2) is 7.56. The summed E-state index contributed by atoms with van der Waals surface area (Å²) < 4.78 is 0. The molecule has 144 valence electrons. The summed E-state index contributed by atoms with van der Waals surface area (Å²) in [5.41, 5.74) is 16.4. The van der Waals surface area contributed by atoms with Gasteiger partial charge < -0.3 is 20.6 Å². The molecule has 2 aromatic carbocycles. The monoisotopic (exact) mass is 377 g/mol. The standard InChI is InChI=1S/C21H23N5O2/c22-21-19(13-18(23-24-21)17-3-1-2-4-20(17)28)26-11-9-25(10-12-26)16-7-5-15(14-27)6-8-16/h1-8,13-14,23-24,28H,9-12,22H2. The van der Waals surface area contributed by atoms with Crippen LogP contribution in [0.15, 0.2) is 66.1 Å². The molecule has 0 aromatic heterocycles. The first-order chi connectivity index (χ1) is 13.7. The number of para-hydroxylation sites is 1. The lowest BCUT2D eigenvalue weighted by Gasteiger charge is -2.39. The smallest absolute Gasteiger partial charge is 0.150 e. The molecule has 28 heavy (non-hydrogen) atoms. The number of phenolic OH excluding ortho intramolecular Hbond substituents is 1. The van der Waals surface area contributed by atoms with Crippen molar-refractivity contribution < 1.29 is 9.90 Å². The normalized spacial score (nSPS) is 16.9. The number of benzene rings is 2. The van der Waals surface area contributed by atoms with Gasteiger partial charge in [0, 0.05) is 43.0 Å². The number of hydrogen-bond acceptors (Lipinski definition) is 7. The molecule has 0 bridgehead atoms. The van der Waals surface area contributed by atoms with Crippen LogP contribution >= 0.6 is 0 Å². The van der Waals surface area contributed by atoms with Crippen LogP contribution in [0.5, 0.6) is 5.75 Å². The van der Waals surface area contributed by atoms with Crippen LogP contribution in [0.3, 0.4) is 0 Å². The summed E-state index contributed by atoms with van der Waals surface area (Å²) in [4.78, 5) is 15.4. The van der Waals surface area contributed by atoms with Crippen LogP contribution in [0.4, 0.5) is 5.69 Å². The zero-order valence-corrected chi connectivity index (χ0v) is 15.4. The number of piperazine rings is 1. The molecule has 1 saturated heterocycles. The molecular formula is C21H23N5O2. The van der Waals surface area contributed by atoms with E-state index in [9.17, 15) is 9.90 Å². The maximum Gasteiger partial charge on any atom is 0.150 e. The van der Waals surface area contributed by atoms with E-state index in [1.165, 1.54) is 0 Å². The van der Waals surface area contributed by atoms with Crippen LogP contribution in [0.25, 0.3) is 5.70 Å². The topological polar surface area (TPSA) is 93.9 Å². The maximum atomic E-state index is 10.8. The second-order valence-electron chi connectivity index (χ2n) is 6.81. The minimum atomic E-state index is 0.214. The number of nitrogens with zero attached hydrogens (tertiary/aromatic N) is 2. The van der Waals surface area contributed by atoms with Crippen molar-refractivity contribution in [3.05, 3.63) is 77.3 Å². The Morgan fingerprint density at radius 2 is 1.61 bits per heavy atom. The van der Waals surface area contributed by atoms with Crippen LogP contribution in [0.2, 0.25) is 0 Å². The Balaban J connectivity index is 1.48. The molecule has 0 atom stereocenters. The first-order valence-corrected chi connectivity index (χ1v) is 9.22. The molecule has 2 aromatic rings. The van der Waals surface area contributed by atoms with Gasteiger partial charge in [-0.25, -0.2) is 0 Å². The van der Waals surface area contributed by atoms with Gasteiger partial charge in [-0.2, -0.15) is 0 Å². The predicted octanol–water partition coefficient (Wildman–Crippen LogP) is 1.60. The van der Waals surface area contributed by atoms with Crippen LogP contribution in [-0.2, 0) is 0 Å². The van der Waals surface area contributed by atoms with Crippen molar-refractivity contribution in [2.24, 2.45) is 5.73 Å². The van der Waals surface area contributed by atoms with Gasteiger partial charge in [-0.15, -0.1) is 0 Å². The zero-order chi connectivity index (χ0) is 19.5. The number of carbonyl (C=O) groups is 1. The van der Waals surface area contributed by atoms with Crippen LogP contribution < -0.4 is 21.5 Å². The summed E-state index contributed by atoms with van der Waals surface area (Å²) in [6, 6.07) is 14.8. The molecule has 2 heterocycles. The third kappa shape index (κ3) is 3.46. The largest absolute Gasteiger partial charge is 0.507 e. The molecule has 7 heteroatoms. The Morgan fingerprint density at radius 3 is 2.29 bits per heavy atom. The molecule has 0 saturated carbocycles. The highest BCUT2D eigenvalue weighted by molar-refractivity contribution is 5.75. The number of nitrogens with two attached hydrogens (primary N) is 1. The van der Waals surface area contributed by atoms with Crippen molar-refractivity contribution in [1.29, 1.82) is 0 Å². The first-order valence-electron chi connectivity index (χ1n) is 9.22. The van der Waals surface area contributed by atoms with E-state index in [4.69, 9.17) is 5.73 Å². The number of rotatable bonds is 4. The molecule has 4 rings (SSSR count). The summed E-state index contributed by atoms with van der Waals surface area (Å²) in [7, 11) is 0. The molecule has 0 spiro atoms.